The van der Waals surface area contributed by atoms with Gasteiger partial charge in [0.05, 0.1) is 27.7 Å². The summed E-state index contributed by atoms with van der Waals surface area (Å²) in [6, 6.07) is 0. The van der Waals surface area contributed by atoms with Gasteiger partial charge in [-0.2, -0.15) is 0 Å². The first-order valence-corrected chi connectivity index (χ1v) is 24.3. The lowest BCUT2D eigenvalue weighted by molar-refractivity contribution is -0.870. The molecule has 0 aliphatic carbocycles. The van der Waals surface area contributed by atoms with E-state index in [-0.39, 0.29) is 26.1 Å². The zero-order chi connectivity index (χ0) is 42.1. The average molecular weight is 824 g/mol. The van der Waals surface area contributed by atoms with Crippen molar-refractivity contribution in [3.05, 3.63) is 48.6 Å². The third-order valence-corrected chi connectivity index (χ3v) is 10.6. The van der Waals surface area contributed by atoms with Crippen LogP contribution >= 0.6 is 7.82 Å². The second kappa shape index (κ2) is 39.4. The van der Waals surface area contributed by atoms with Gasteiger partial charge in [0.1, 0.15) is 19.8 Å². The number of carbonyl (C=O) groups is 2. The zero-order valence-electron chi connectivity index (χ0n) is 37.3. The molecule has 332 valence electrons. The van der Waals surface area contributed by atoms with E-state index in [0.29, 0.717) is 23.9 Å². The summed E-state index contributed by atoms with van der Waals surface area (Å²) in [7, 11) is 1.13. The highest BCUT2D eigenvalue weighted by atomic mass is 31.2. The lowest BCUT2D eigenvalue weighted by Gasteiger charge is -2.28. The molecule has 0 heterocycles. The summed E-state index contributed by atoms with van der Waals surface area (Å²) >= 11 is 0. The van der Waals surface area contributed by atoms with Crippen LogP contribution in [0.4, 0.5) is 0 Å². The van der Waals surface area contributed by atoms with Crippen LogP contribution in [0.5, 0.6) is 0 Å². The maximum absolute atomic E-state index is 12.7. The normalized spacial score (nSPS) is 14.0. The molecule has 2 atom stereocenters. The van der Waals surface area contributed by atoms with Crippen LogP contribution in [-0.4, -0.2) is 70.0 Å². The Morgan fingerprint density at radius 1 is 0.544 bits per heavy atom. The second-order valence-corrected chi connectivity index (χ2v) is 17.8. The van der Waals surface area contributed by atoms with Crippen LogP contribution in [0.25, 0.3) is 0 Å². The Labute approximate surface area is 350 Å². The lowest BCUT2D eigenvalue weighted by atomic mass is 10.0. The van der Waals surface area contributed by atoms with Gasteiger partial charge in [0, 0.05) is 12.8 Å². The Balaban J connectivity index is 4.42. The fraction of sp³-hybridized carbons (Fsp3) is 0.787. The van der Waals surface area contributed by atoms with Crippen molar-refractivity contribution in [2.24, 2.45) is 0 Å². The summed E-state index contributed by atoms with van der Waals surface area (Å²) in [5.41, 5.74) is 0. The van der Waals surface area contributed by atoms with E-state index in [1.54, 1.807) is 0 Å². The minimum absolute atomic E-state index is 0.0412. The van der Waals surface area contributed by atoms with Gasteiger partial charge in [-0.05, 0) is 51.4 Å². The zero-order valence-corrected chi connectivity index (χ0v) is 38.2. The van der Waals surface area contributed by atoms with E-state index < -0.39 is 32.5 Å². The van der Waals surface area contributed by atoms with Crippen LogP contribution in [0.15, 0.2) is 48.6 Å². The van der Waals surface area contributed by atoms with Gasteiger partial charge in [0.25, 0.3) is 7.82 Å². The number of hydrogen-bond acceptors (Lipinski definition) is 8. The number of phosphoric acid groups is 1. The molecule has 57 heavy (non-hydrogen) atoms. The molecule has 0 rings (SSSR count). The third kappa shape index (κ3) is 43.4. The Hall–Kier alpha value is -2.03. The van der Waals surface area contributed by atoms with Gasteiger partial charge in [0.2, 0.25) is 0 Å². The molecule has 0 aliphatic heterocycles. The second-order valence-electron chi connectivity index (χ2n) is 16.4. The molecule has 0 aromatic carbocycles. The first-order chi connectivity index (χ1) is 27.5. The molecule has 0 saturated carbocycles. The van der Waals surface area contributed by atoms with Crippen LogP contribution in [0.3, 0.4) is 0 Å². The summed E-state index contributed by atoms with van der Waals surface area (Å²) in [5.74, 6) is -0.897. The molecule has 10 heteroatoms. The molecular formula is C47H86NO8P. The summed E-state index contributed by atoms with van der Waals surface area (Å²) in [6.07, 6.45) is 45.7. The number of quaternary nitrogens is 1. The lowest BCUT2D eigenvalue weighted by Crippen LogP contribution is -2.37. The van der Waals surface area contributed by atoms with E-state index in [4.69, 9.17) is 18.5 Å². The predicted molar refractivity (Wildman–Crippen MR) is 236 cm³/mol. The van der Waals surface area contributed by atoms with Gasteiger partial charge in [-0.15, -0.1) is 0 Å². The number of rotatable bonds is 41. The molecule has 0 amide bonds. The van der Waals surface area contributed by atoms with Gasteiger partial charge in [0.15, 0.2) is 6.10 Å². The molecule has 0 aromatic heterocycles. The number of unbranched alkanes of at least 4 members (excludes halogenated alkanes) is 19. The van der Waals surface area contributed by atoms with Crippen molar-refractivity contribution in [2.75, 3.05) is 47.5 Å². The number of hydrogen-bond donors (Lipinski definition) is 0. The number of ether oxygens (including phenoxy) is 2. The molecule has 0 bridgehead atoms. The van der Waals surface area contributed by atoms with E-state index in [9.17, 15) is 19.0 Å². The van der Waals surface area contributed by atoms with Crippen LogP contribution in [0, 0.1) is 0 Å². The highest BCUT2D eigenvalue weighted by molar-refractivity contribution is 7.45. The number of carbonyl (C=O) groups excluding carboxylic acids is 2. The maximum atomic E-state index is 12.7. The number of phosphoric ester groups is 1. The van der Waals surface area contributed by atoms with E-state index in [1.165, 1.54) is 109 Å². The summed E-state index contributed by atoms with van der Waals surface area (Å²) < 4.78 is 33.9. The van der Waals surface area contributed by atoms with Gasteiger partial charge >= 0.3 is 11.9 Å². The molecule has 0 N–H and O–H groups in total. The first-order valence-electron chi connectivity index (χ1n) is 22.8. The highest BCUT2D eigenvalue weighted by Crippen LogP contribution is 2.38. The minimum Gasteiger partial charge on any atom is -0.756 e. The van der Waals surface area contributed by atoms with Crippen LogP contribution < -0.4 is 4.89 Å². The predicted octanol–water partition coefficient (Wildman–Crippen LogP) is 12.4. The SMILES string of the molecule is CCCCC/C=C/C/C=C/C/C=C/C/C=C/CCCC(=O)O[C@H](COC(=O)CCCCCCCCCCCCCCCCCC)COP(=O)([O-])OCC[N+](C)(C)C. The average Bonchev–Trinajstić information content (AvgIpc) is 3.16. The Morgan fingerprint density at radius 3 is 1.46 bits per heavy atom. The Bertz CT molecular complexity index is 1110. The van der Waals surface area contributed by atoms with Gasteiger partial charge < -0.3 is 27.9 Å². The molecule has 0 aromatic rings. The fourth-order valence-electron chi connectivity index (χ4n) is 6.00. The standard InChI is InChI=1S/C47H86NO8P/c1-6-8-10-12-14-16-18-20-22-24-26-28-30-32-34-36-38-40-47(50)56-45(44-55-57(51,52)54-42-41-48(3,4)5)43-53-46(49)39-37-35-33-31-29-27-25-23-21-19-17-15-13-11-9-7-2/h14,16,20,22,26,28,32,34,45H,6-13,15,17-19,21,23-25,27,29-31,33,35-44H2,1-5H3/b16-14+,22-20+,28-26+,34-32+/t45-/m1/s1. The van der Waals surface area contributed by atoms with Crippen LogP contribution in [-0.2, 0) is 32.7 Å². The first kappa shape index (κ1) is 55.0. The summed E-state index contributed by atoms with van der Waals surface area (Å²) in [5, 5.41) is 0. The van der Waals surface area contributed by atoms with Crippen molar-refractivity contribution in [1.82, 2.24) is 0 Å². The van der Waals surface area contributed by atoms with Crippen LogP contribution in [0.2, 0.25) is 0 Å². The van der Waals surface area contributed by atoms with E-state index in [2.05, 4.69) is 56.4 Å². The molecule has 0 fully saturated rings. The highest BCUT2D eigenvalue weighted by Gasteiger charge is 2.21. The van der Waals surface area contributed by atoms with Crippen molar-refractivity contribution in [1.29, 1.82) is 0 Å². The van der Waals surface area contributed by atoms with Crippen molar-refractivity contribution in [3.63, 3.8) is 0 Å². The number of allylic oxidation sites excluding steroid dienone is 8. The van der Waals surface area contributed by atoms with Crippen LogP contribution in [0.1, 0.15) is 187 Å². The molecule has 0 aliphatic rings. The van der Waals surface area contributed by atoms with Crippen molar-refractivity contribution < 1.29 is 42.1 Å². The van der Waals surface area contributed by atoms with E-state index in [0.717, 1.165) is 38.5 Å². The van der Waals surface area contributed by atoms with Crippen molar-refractivity contribution in [2.45, 2.75) is 193 Å². The van der Waals surface area contributed by atoms with Crippen molar-refractivity contribution >= 4 is 19.8 Å². The van der Waals surface area contributed by atoms with Gasteiger partial charge in [-0.3, -0.25) is 14.2 Å². The molecule has 0 radical (unpaired) electrons. The Kier molecular flexibility index (Phi) is 38.0. The van der Waals surface area contributed by atoms with Gasteiger partial charge in [-0.25, -0.2) is 0 Å². The van der Waals surface area contributed by atoms with E-state index in [1.807, 2.05) is 27.2 Å². The van der Waals surface area contributed by atoms with E-state index >= 15 is 0 Å². The van der Waals surface area contributed by atoms with Crippen molar-refractivity contribution in [3.8, 4) is 0 Å². The quantitative estimate of drug-likeness (QED) is 0.0197. The Morgan fingerprint density at radius 2 is 0.965 bits per heavy atom. The molecule has 9 nitrogen and oxygen atoms in total. The molecular weight excluding hydrogens is 737 g/mol. The number of nitrogens with zero attached hydrogens (tertiary/aromatic N) is 1. The maximum Gasteiger partial charge on any atom is 0.306 e. The number of likely N-dealkylation sites (N-methyl/N-ethyl adjacent to an activating group) is 1. The molecule has 1 unspecified atom stereocenters. The largest absolute Gasteiger partial charge is 0.756 e. The smallest absolute Gasteiger partial charge is 0.306 e. The topological polar surface area (TPSA) is 111 Å². The molecule has 0 spiro atoms. The monoisotopic (exact) mass is 824 g/mol. The molecule has 0 saturated heterocycles. The fourth-order valence-corrected chi connectivity index (χ4v) is 6.73. The summed E-state index contributed by atoms with van der Waals surface area (Å²) in [6.45, 7) is 4.14. The number of esters is 2. The minimum atomic E-state index is -4.64. The van der Waals surface area contributed by atoms with Gasteiger partial charge in [-0.1, -0.05) is 172 Å². The third-order valence-electron chi connectivity index (χ3n) is 9.60. The summed E-state index contributed by atoms with van der Waals surface area (Å²) in [4.78, 5) is 37.5.